The maximum Gasteiger partial charge on any atom is 0.255 e. The highest BCUT2D eigenvalue weighted by Gasteiger charge is 2.10. The maximum atomic E-state index is 11.7. The van der Waals surface area contributed by atoms with E-state index in [0.717, 1.165) is 5.52 Å². The summed E-state index contributed by atoms with van der Waals surface area (Å²) in [7, 11) is 0. The van der Waals surface area contributed by atoms with Gasteiger partial charge in [0.2, 0.25) is 0 Å². The third kappa shape index (κ3) is 1.86. The Labute approximate surface area is 92.3 Å². The molecule has 0 saturated heterocycles. The van der Waals surface area contributed by atoms with Crippen molar-refractivity contribution in [1.29, 1.82) is 5.26 Å². The van der Waals surface area contributed by atoms with E-state index in [4.69, 9.17) is 5.26 Å². The van der Waals surface area contributed by atoms with Crippen LogP contribution >= 0.6 is 0 Å². The summed E-state index contributed by atoms with van der Waals surface area (Å²) in [6, 6.07) is 7.49. The molecular weight excluding hydrogens is 204 g/mol. The van der Waals surface area contributed by atoms with Gasteiger partial charge in [-0.25, -0.2) is 4.52 Å². The van der Waals surface area contributed by atoms with E-state index >= 15 is 0 Å². The molecule has 1 amide bonds. The van der Waals surface area contributed by atoms with Gasteiger partial charge in [-0.15, -0.1) is 0 Å². The van der Waals surface area contributed by atoms with Crippen LogP contribution in [0.4, 0.5) is 0 Å². The van der Waals surface area contributed by atoms with Crippen LogP contribution in [-0.2, 0) is 0 Å². The van der Waals surface area contributed by atoms with E-state index in [1.54, 1.807) is 10.7 Å². The Morgan fingerprint density at radius 1 is 1.56 bits per heavy atom. The molecule has 0 unspecified atom stereocenters. The second kappa shape index (κ2) is 4.45. The van der Waals surface area contributed by atoms with Gasteiger partial charge < -0.3 is 5.32 Å². The molecule has 0 saturated carbocycles. The predicted octanol–water partition coefficient (Wildman–Crippen LogP) is 0.978. The van der Waals surface area contributed by atoms with Crippen LogP contribution in [0.15, 0.2) is 30.6 Å². The summed E-state index contributed by atoms with van der Waals surface area (Å²) in [6.07, 6.45) is 3.61. The molecule has 0 aliphatic rings. The number of nitrogens with zero attached hydrogens (tertiary/aromatic N) is 3. The van der Waals surface area contributed by atoms with Crippen LogP contribution < -0.4 is 5.32 Å². The van der Waals surface area contributed by atoms with E-state index in [0.29, 0.717) is 18.5 Å². The van der Waals surface area contributed by atoms with Gasteiger partial charge in [-0.3, -0.25) is 4.79 Å². The molecule has 16 heavy (non-hydrogen) atoms. The van der Waals surface area contributed by atoms with Crippen molar-refractivity contribution in [3.63, 3.8) is 0 Å². The number of amides is 1. The van der Waals surface area contributed by atoms with Gasteiger partial charge in [-0.1, -0.05) is 6.07 Å². The van der Waals surface area contributed by atoms with Gasteiger partial charge in [-0.05, 0) is 12.1 Å². The molecule has 0 atom stereocenters. The van der Waals surface area contributed by atoms with E-state index in [-0.39, 0.29) is 5.91 Å². The Kier molecular flexibility index (Phi) is 2.83. The van der Waals surface area contributed by atoms with Crippen molar-refractivity contribution < 1.29 is 4.79 Å². The van der Waals surface area contributed by atoms with E-state index in [1.165, 1.54) is 6.20 Å². The molecule has 0 radical (unpaired) electrons. The topological polar surface area (TPSA) is 70.2 Å². The Morgan fingerprint density at radius 2 is 2.44 bits per heavy atom. The van der Waals surface area contributed by atoms with Crippen molar-refractivity contribution in [1.82, 2.24) is 14.9 Å². The Bertz CT molecular complexity index is 552. The van der Waals surface area contributed by atoms with Crippen molar-refractivity contribution in [2.75, 3.05) is 6.54 Å². The molecule has 0 aromatic carbocycles. The number of fused-ring (bicyclic) bond motifs is 1. The molecule has 0 fully saturated rings. The lowest BCUT2D eigenvalue weighted by Gasteiger charge is -2.00. The minimum Gasteiger partial charge on any atom is -0.351 e. The van der Waals surface area contributed by atoms with E-state index in [9.17, 15) is 4.79 Å². The van der Waals surface area contributed by atoms with Crippen LogP contribution in [0.1, 0.15) is 16.8 Å². The first-order valence-electron chi connectivity index (χ1n) is 4.90. The second-order valence-electron chi connectivity index (χ2n) is 3.25. The number of carbonyl (C=O) groups excluding carboxylic acids is 1. The summed E-state index contributed by atoms with van der Waals surface area (Å²) in [5.74, 6) is -0.198. The molecule has 0 aliphatic heterocycles. The maximum absolute atomic E-state index is 11.7. The fourth-order valence-corrected chi connectivity index (χ4v) is 1.44. The summed E-state index contributed by atoms with van der Waals surface area (Å²) in [4.78, 5) is 11.7. The summed E-state index contributed by atoms with van der Waals surface area (Å²) in [5, 5.41) is 15.1. The van der Waals surface area contributed by atoms with Gasteiger partial charge in [-0.2, -0.15) is 10.4 Å². The highest BCUT2D eigenvalue weighted by Crippen LogP contribution is 2.09. The summed E-state index contributed by atoms with van der Waals surface area (Å²) >= 11 is 0. The first-order chi connectivity index (χ1) is 7.83. The largest absolute Gasteiger partial charge is 0.351 e. The van der Waals surface area contributed by atoms with Crippen LogP contribution in [0.25, 0.3) is 5.52 Å². The van der Waals surface area contributed by atoms with Crippen LogP contribution in [0.2, 0.25) is 0 Å². The molecule has 5 heteroatoms. The Hall–Kier alpha value is -2.35. The van der Waals surface area contributed by atoms with Gasteiger partial charge in [0.05, 0.1) is 29.8 Å². The molecule has 1 N–H and O–H groups in total. The third-order valence-electron chi connectivity index (χ3n) is 2.19. The van der Waals surface area contributed by atoms with Crippen molar-refractivity contribution in [2.45, 2.75) is 6.42 Å². The standard InChI is InChI=1S/C11H10N4O/c12-5-3-6-13-11(16)9-8-14-15-7-2-1-4-10(9)15/h1-2,4,7-8H,3,6H2,(H,13,16). The quantitative estimate of drug-likeness (QED) is 0.774. The summed E-state index contributed by atoms with van der Waals surface area (Å²) in [5.41, 5.74) is 1.29. The highest BCUT2D eigenvalue weighted by atomic mass is 16.1. The smallest absolute Gasteiger partial charge is 0.255 e. The zero-order valence-corrected chi connectivity index (χ0v) is 8.55. The van der Waals surface area contributed by atoms with E-state index in [1.807, 2.05) is 24.3 Å². The molecule has 5 nitrogen and oxygen atoms in total. The van der Waals surface area contributed by atoms with Crippen molar-refractivity contribution in [2.24, 2.45) is 0 Å². The molecule has 2 rings (SSSR count). The van der Waals surface area contributed by atoms with Crippen LogP contribution in [0, 0.1) is 11.3 Å². The second-order valence-corrected chi connectivity index (χ2v) is 3.25. The minimum atomic E-state index is -0.198. The minimum absolute atomic E-state index is 0.198. The average molecular weight is 214 g/mol. The van der Waals surface area contributed by atoms with E-state index in [2.05, 4.69) is 10.4 Å². The fraction of sp³-hybridized carbons (Fsp3) is 0.182. The molecule has 2 aromatic rings. The van der Waals surface area contributed by atoms with Crippen LogP contribution in [-0.4, -0.2) is 22.1 Å². The first-order valence-corrected chi connectivity index (χ1v) is 4.90. The fourth-order valence-electron chi connectivity index (χ4n) is 1.44. The van der Waals surface area contributed by atoms with E-state index < -0.39 is 0 Å². The number of pyridine rings is 1. The first kappa shape index (κ1) is 10.2. The van der Waals surface area contributed by atoms with Crippen molar-refractivity contribution in [3.05, 3.63) is 36.2 Å². The monoisotopic (exact) mass is 214 g/mol. The molecule has 80 valence electrons. The summed E-state index contributed by atoms with van der Waals surface area (Å²) < 4.78 is 1.64. The predicted molar refractivity (Wildman–Crippen MR) is 57.8 cm³/mol. The molecule has 0 aliphatic carbocycles. The zero-order chi connectivity index (χ0) is 11.4. The van der Waals surface area contributed by atoms with Crippen LogP contribution in [0.3, 0.4) is 0 Å². The number of nitrogens with one attached hydrogen (secondary N) is 1. The number of aromatic nitrogens is 2. The van der Waals surface area contributed by atoms with Crippen molar-refractivity contribution >= 4 is 11.4 Å². The Balaban J connectivity index is 2.20. The number of hydrogen-bond acceptors (Lipinski definition) is 3. The third-order valence-corrected chi connectivity index (χ3v) is 2.19. The lowest BCUT2D eigenvalue weighted by atomic mass is 10.2. The van der Waals surface area contributed by atoms with Crippen molar-refractivity contribution in [3.8, 4) is 6.07 Å². The molecule has 0 bridgehead atoms. The van der Waals surface area contributed by atoms with Gasteiger partial charge in [0.25, 0.3) is 5.91 Å². The molecular formula is C11H10N4O. The number of rotatable bonds is 3. The Morgan fingerprint density at radius 3 is 3.25 bits per heavy atom. The lowest BCUT2D eigenvalue weighted by Crippen LogP contribution is -2.23. The molecule has 0 spiro atoms. The van der Waals surface area contributed by atoms with Gasteiger partial charge >= 0.3 is 0 Å². The molecule has 2 heterocycles. The number of hydrogen-bond donors (Lipinski definition) is 1. The number of carbonyl (C=O) groups is 1. The lowest BCUT2D eigenvalue weighted by molar-refractivity contribution is 0.0956. The zero-order valence-electron chi connectivity index (χ0n) is 8.55. The van der Waals surface area contributed by atoms with Crippen LogP contribution in [0.5, 0.6) is 0 Å². The summed E-state index contributed by atoms with van der Waals surface area (Å²) in [6.45, 7) is 0.361. The SMILES string of the molecule is N#CCCNC(=O)c1cnn2ccccc12. The van der Waals surface area contributed by atoms with Gasteiger partial charge in [0.15, 0.2) is 0 Å². The normalized spacial score (nSPS) is 9.94. The molecule has 2 aromatic heterocycles. The highest BCUT2D eigenvalue weighted by molar-refractivity contribution is 6.00. The van der Waals surface area contributed by atoms with Gasteiger partial charge in [0, 0.05) is 12.7 Å². The van der Waals surface area contributed by atoms with Gasteiger partial charge in [0.1, 0.15) is 0 Å². The average Bonchev–Trinajstić information content (AvgIpc) is 2.73. The number of nitriles is 1.